The van der Waals surface area contributed by atoms with Crippen molar-refractivity contribution in [3.05, 3.63) is 35.9 Å². The number of benzene rings is 1. The van der Waals surface area contributed by atoms with E-state index < -0.39 is 17.9 Å². The van der Waals surface area contributed by atoms with E-state index in [1.807, 2.05) is 30.3 Å². The van der Waals surface area contributed by atoms with Gasteiger partial charge in [0.15, 0.2) is 0 Å². The lowest BCUT2D eigenvalue weighted by molar-refractivity contribution is -0.166. The van der Waals surface area contributed by atoms with Crippen molar-refractivity contribution in [2.45, 2.75) is 19.0 Å². The number of hydrogen-bond donors (Lipinski definition) is 0. The summed E-state index contributed by atoms with van der Waals surface area (Å²) >= 11 is 0. The molecule has 1 aromatic rings. The van der Waals surface area contributed by atoms with E-state index in [0.717, 1.165) is 5.56 Å². The Kier molecular flexibility index (Phi) is 3.33. The van der Waals surface area contributed by atoms with Gasteiger partial charge >= 0.3 is 5.97 Å². The van der Waals surface area contributed by atoms with Crippen molar-refractivity contribution >= 4 is 11.9 Å². The number of morpholine rings is 1. The first-order valence-corrected chi connectivity index (χ1v) is 5.65. The summed E-state index contributed by atoms with van der Waals surface area (Å²) < 4.78 is 5.08. The van der Waals surface area contributed by atoms with Crippen molar-refractivity contribution in [3.8, 4) is 12.3 Å². The van der Waals surface area contributed by atoms with Crippen LogP contribution < -0.4 is 0 Å². The maximum absolute atomic E-state index is 11.8. The van der Waals surface area contributed by atoms with Crippen molar-refractivity contribution in [2.75, 3.05) is 6.61 Å². The molecule has 0 spiro atoms. The summed E-state index contributed by atoms with van der Waals surface area (Å²) in [6, 6.07) is 8.41. The van der Waals surface area contributed by atoms with Crippen LogP contribution in [0.1, 0.15) is 18.5 Å². The minimum atomic E-state index is -0.660. The average molecular weight is 243 g/mol. The third-order valence-electron chi connectivity index (χ3n) is 3.02. The maximum atomic E-state index is 11.8. The molecule has 1 amide bonds. The standard InChI is InChI=1S/C14H13NO3/c1-3-13(16)15-10(2)14(17)18-9-12(15)11-7-5-4-6-8-11/h1,4-8,10,12H,9H2,2H3/t10-,12-/m0/s1. The molecule has 18 heavy (non-hydrogen) atoms. The van der Waals surface area contributed by atoms with E-state index in [9.17, 15) is 9.59 Å². The second-order valence-corrected chi connectivity index (χ2v) is 4.09. The molecule has 2 rings (SSSR count). The molecular formula is C14H13NO3. The van der Waals surface area contributed by atoms with Crippen LogP contribution >= 0.6 is 0 Å². The smallest absolute Gasteiger partial charge is 0.328 e. The molecule has 0 saturated carbocycles. The lowest BCUT2D eigenvalue weighted by atomic mass is 10.0. The molecule has 0 unspecified atom stereocenters. The van der Waals surface area contributed by atoms with Crippen LogP contribution in [0.3, 0.4) is 0 Å². The van der Waals surface area contributed by atoms with Gasteiger partial charge in [-0.2, -0.15) is 0 Å². The van der Waals surface area contributed by atoms with Crippen molar-refractivity contribution in [1.29, 1.82) is 0 Å². The molecule has 1 aromatic carbocycles. The van der Waals surface area contributed by atoms with E-state index in [0.29, 0.717) is 0 Å². The summed E-state index contributed by atoms with van der Waals surface area (Å²) in [5.41, 5.74) is 0.903. The molecule has 1 aliphatic heterocycles. The molecule has 4 heteroatoms. The van der Waals surface area contributed by atoms with Gasteiger partial charge in [-0.05, 0) is 18.4 Å². The molecular weight excluding hydrogens is 230 g/mol. The maximum Gasteiger partial charge on any atom is 0.328 e. The van der Waals surface area contributed by atoms with E-state index in [1.165, 1.54) is 4.90 Å². The number of cyclic esters (lactones) is 1. The summed E-state index contributed by atoms with van der Waals surface area (Å²) in [7, 11) is 0. The Hall–Kier alpha value is -2.28. The zero-order valence-electron chi connectivity index (χ0n) is 10.00. The molecule has 0 N–H and O–H groups in total. The van der Waals surface area contributed by atoms with Gasteiger partial charge < -0.3 is 9.64 Å². The Morgan fingerprint density at radius 1 is 1.44 bits per heavy atom. The first kappa shape index (κ1) is 12.2. The van der Waals surface area contributed by atoms with Crippen molar-refractivity contribution < 1.29 is 14.3 Å². The zero-order valence-corrected chi connectivity index (χ0v) is 10.00. The Morgan fingerprint density at radius 3 is 2.72 bits per heavy atom. The Bertz CT molecular complexity index is 504. The summed E-state index contributed by atoms with van der Waals surface area (Å²) in [5.74, 6) is 1.15. The van der Waals surface area contributed by atoms with Crippen LogP contribution in [0.25, 0.3) is 0 Å². The Labute approximate surface area is 106 Å². The fourth-order valence-corrected chi connectivity index (χ4v) is 2.07. The lowest BCUT2D eigenvalue weighted by Crippen LogP contribution is -2.51. The van der Waals surface area contributed by atoms with Crippen LogP contribution in [-0.2, 0) is 14.3 Å². The van der Waals surface area contributed by atoms with E-state index in [2.05, 4.69) is 5.92 Å². The number of hydrogen-bond acceptors (Lipinski definition) is 3. The van der Waals surface area contributed by atoms with E-state index in [1.54, 1.807) is 6.92 Å². The third-order valence-corrected chi connectivity index (χ3v) is 3.02. The van der Waals surface area contributed by atoms with Gasteiger partial charge in [0, 0.05) is 0 Å². The number of ether oxygens (including phenoxy) is 1. The predicted molar refractivity (Wildman–Crippen MR) is 65.3 cm³/mol. The van der Waals surface area contributed by atoms with Crippen LogP contribution in [0.2, 0.25) is 0 Å². The topological polar surface area (TPSA) is 46.6 Å². The van der Waals surface area contributed by atoms with Crippen LogP contribution in [0, 0.1) is 12.3 Å². The van der Waals surface area contributed by atoms with E-state index in [4.69, 9.17) is 11.2 Å². The highest BCUT2D eigenvalue weighted by atomic mass is 16.5. The predicted octanol–water partition coefficient (Wildman–Crippen LogP) is 1.13. The molecule has 0 aromatic heterocycles. The molecule has 1 saturated heterocycles. The number of rotatable bonds is 1. The Morgan fingerprint density at radius 2 is 2.11 bits per heavy atom. The number of carbonyl (C=O) groups excluding carboxylic acids is 2. The highest BCUT2D eigenvalue weighted by Crippen LogP contribution is 2.27. The fourth-order valence-electron chi connectivity index (χ4n) is 2.07. The van der Waals surface area contributed by atoms with Crippen molar-refractivity contribution in [2.24, 2.45) is 0 Å². The summed E-state index contributed by atoms with van der Waals surface area (Å²) in [4.78, 5) is 24.7. The summed E-state index contributed by atoms with van der Waals surface area (Å²) in [6.07, 6.45) is 5.16. The van der Waals surface area contributed by atoms with Gasteiger partial charge in [-0.25, -0.2) is 4.79 Å². The summed E-state index contributed by atoms with van der Waals surface area (Å²) in [6.45, 7) is 1.76. The largest absolute Gasteiger partial charge is 0.462 e. The molecule has 2 atom stereocenters. The quantitative estimate of drug-likeness (QED) is 0.549. The molecule has 0 aliphatic carbocycles. The number of esters is 1. The fraction of sp³-hybridized carbons (Fsp3) is 0.286. The van der Waals surface area contributed by atoms with Gasteiger partial charge in [0.1, 0.15) is 12.6 Å². The van der Waals surface area contributed by atoms with Crippen LogP contribution in [-0.4, -0.2) is 29.4 Å². The van der Waals surface area contributed by atoms with Gasteiger partial charge in [0.25, 0.3) is 5.91 Å². The van der Waals surface area contributed by atoms with Gasteiger partial charge in [-0.1, -0.05) is 30.3 Å². The number of carbonyl (C=O) groups is 2. The number of amides is 1. The lowest BCUT2D eigenvalue weighted by Gasteiger charge is -2.38. The zero-order chi connectivity index (χ0) is 13.1. The van der Waals surface area contributed by atoms with Gasteiger partial charge in [0.05, 0.1) is 6.04 Å². The molecule has 1 fully saturated rings. The van der Waals surface area contributed by atoms with Crippen molar-refractivity contribution in [1.82, 2.24) is 4.90 Å². The van der Waals surface area contributed by atoms with Gasteiger partial charge in [-0.3, -0.25) is 4.79 Å². The van der Waals surface area contributed by atoms with Crippen LogP contribution in [0.4, 0.5) is 0 Å². The van der Waals surface area contributed by atoms with Crippen LogP contribution in [0.5, 0.6) is 0 Å². The SMILES string of the molecule is C#CC(=O)N1[C@@H](C)C(=O)OC[C@H]1c1ccccc1. The highest BCUT2D eigenvalue weighted by molar-refractivity contribution is 5.96. The monoisotopic (exact) mass is 243 g/mol. The van der Waals surface area contributed by atoms with E-state index >= 15 is 0 Å². The second kappa shape index (κ2) is 4.92. The highest BCUT2D eigenvalue weighted by Gasteiger charge is 2.38. The van der Waals surface area contributed by atoms with E-state index in [-0.39, 0.29) is 12.6 Å². The Balaban J connectivity index is 2.36. The second-order valence-electron chi connectivity index (χ2n) is 4.09. The normalized spacial score (nSPS) is 23.1. The van der Waals surface area contributed by atoms with Gasteiger partial charge in [0.2, 0.25) is 0 Å². The first-order valence-electron chi connectivity index (χ1n) is 5.65. The van der Waals surface area contributed by atoms with Crippen molar-refractivity contribution in [3.63, 3.8) is 0 Å². The minimum absolute atomic E-state index is 0.139. The molecule has 1 aliphatic rings. The third kappa shape index (κ3) is 2.07. The number of terminal acetylenes is 1. The van der Waals surface area contributed by atoms with Crippen LogP contribution in [0.15, 0.2) is 30.3 Å². The van der Waals surface area contributed by atoms with Gasteiger partial charge in [-0.15, -0.1) is 6.42 Å². The summed E-state index contributed by atoms with van der Waals surface area (Å²) in [5, 5.41) is 0. The number of nitrogens with zero attached hydrogens (tertiary/aromatic N) is 1. The first-order chi connectivity index (χ1) is 8.65. The molecule has 0 radical (unpaired) electrons. The molecule has 0 bridgehead atoms. The molecule has 4 nitrogen and oxygen atoms in total. The minimum Gasteiger partial charge on any atom is -0.462 e. The average Bonchev–Trinajstić information content (AvgIpc) is 2.42. The molecule has 92 valence electrons. The molecule has 1 heterocycles.